The SMILES string of the molecule is N#C[C@@H]1[C@H](O)C(O)[C@H](O)[C@@H](C#N)N1Cc1ccccc1. The molecule has 0 bridgehead atoms. The van der Waals surface area contributed by atoms with Crippen LogP contribution in [0.25, 0.3) is 0 Å². The second kappa shape index (κ2) is 6.00. The molecule has 2 rings (SSSR count). The van der Waals surface area contributed by atoms with Gasteiger partial charge in [0.1, 0.15) is 30.4 Å². The fraction of sp³-hybridized carbons (Fsp3) is 0.429. The van der Waals surface area contributed by atoms with Gasteiger partial charge in [0.15, 0.2) is 0 Å². The Morgan fingerprint density at radius 2 is 1.40 bits per heavy atom. The number of likely N-dealkylation sites (tertiary alicyclic amines) is 1. The topological polar surface area (TPSA) is 112 Å². The summed E-state index contributed by atoms with van der Waals surface area (Å²) in [6.45, 7) is 0.234. The van der Waals surface area contributed by atoms with Crippen LogP contribution in [0, 0.1) is 22.7 Å². The lowest BCUT2D eigenvalue weighted by molar-refractivity contribution is -0.142. The van der Waals surface area contributed by atoms with Gasteiger partial charge in [0.25, 0.3) is 0 Å². The Bertz CT molecular complexity index is 509. The Balaban J connectivity index is 2.31. The van der Waals surface area contributed by atoms with Gasteiger partial charge in [-0.3, -0.25) is 4.90 Å². The second-order valence-corrected chi connectivity index (χ2v) is 4.78. The highest BCUT2D eigenvalue weighted by Crippen LogP contribution is 2.26. The standard InChI is InChI=1S/C14H15N3O3/c15-6-10-12(18)14(20)13(19)11(7-16)17(10)8-9-4-2-1-3-5-9/h1-5,10-14,18-20H,8H2/t10-,11-,12-,13+,14?/m1/s1. The quantitative estimate of drug-likeness (QED) is 0.661. The van der Waals surface area contributed by atoms with Gasteiger partial charge in [-0.2, -0.15) is 10.5 Å². The summed E-state index contributed by atoms with van der Waals surface area (Å²) < 4.78 is 0. The summed E-state index contributed by atoms with van der Waals surface area (Å²) in [6.07, 6.45) is -4.33. The predicted molar refractivity (Wildman–Crippen MR) is 68.8 cm³/mol. The van der Waals surface area contributed by atoms with Crippen LogP contribution in [0.1, 0.15) is 5.56 Å². The number of aliphatic hydroxyl groups excluding tert-OH is 3. The van der Waals surface area contributed by atoms with Crippen molar-refractivity contribution in [1.29, 1.82) is 10.5 Å². The highest BCUT2D eigenvalue weighted by molar-refractivity contribution is 5.19. The maximum absolute atomic E-state index is 9.89. The fourth-order valence-corrected chi connectivity index (χ4v) is 2.43. The Morgan fingerprint density at radius 1 is 0.900 bits per heavy atom. The third-order valence-electron chi connectivity index (χ3n) is 3.53. The number of hydrogen-bond donors (Lipinski definition) is 3. The second-order valence-electron chi connectivity index (χ2n) is 4.78. The van der Waals surface area contributed by atoms with Crippen LogP contribution in [0.5, 0.6) is 0 Å². The van der Waals surface area contributed by atoms with E-state index in [0.29, 0.717) is 0 Å². The van der Waals surface area contributed by atoms with Gasteiger partial charge in [-0.25, -0.2) is 0 Å². The fourth-order valence-electron chi connectivity index (χ4n) is 2.43. The zero-order valence-corrected chi connectivity index (χ0v) is 10.7. The number of nitriles is 2. The van der Waals surface area contributed by atoms with Crippen LogP contribution < -0.4 is 0 Å². The van der Waals surface area contributed by atoms with Crippen LogP contribution in [-0.2, 0) is 6.54 Å². The molecule has 5 atom stereocenters. The average Bonchev–Trinajstić information content (AvgIpc) is 2.47. The average molecular weight is 273 g/mol. The third-order valence-corrected chi connectivity index (χ3v) is 3.53. The number of aliphatic hydroxyl groups is 3. The van der Waals surface area contributed by atoms with Crippen LogP contribution in [-0.4, -0.2) is 50.6 Å². The minimum absolute atomic E-state index is 0.234. The molecule has 1 unspecified atom stereocenters. The first-order valence-electron chi connectivity index (χ1n) is 6.23. The van der Waals surface area contributed by atoms with Gasteiger partial charge in [-0.15, -0.1) is 0 Å². The van der Waals surface area contributed by atoms with Gasteiger partial charge in [0.2, 0.25) is 0 Å². The first kappa shape index (κ1) is 14.4. The maximum Gasteiger partial charge on any atom is 0.128 e. The number of benzene rings is 1. The molecule has 1 heterocycles. The molecule has 3 N–H and O–H groups in total. The summed E-state index contributed by atoms with van der Waals surface area (Å²) in [5.74, 6) is 0. The molecule has 1 saturated heterocycles. The molecule has 1 aliphatic heterocycles. The van der Waals surface area contributed by atoms with Crippen molar-refractivity contribution in [3.63, 3.8) is 0 Å². The zero-order valence-electron chi connectivity index (χ0n) is 10.7. The molecular formula is C14H15N3O3. The molecule has 1 fully saturated rings. The van der Waals surface area contributed by atoms with Crippen molar-refractivity contribution >= 4 is 0 Å². The third kappa shape index (κ3) is 2.51. The van der Waals surface area contributed by atoms with Gasteiger partial charge in [0.05, 0.1) is 12.1 Å². The van der Waals surface area contributed by atoms with E-state index >= 15 is 0 Å². The van der Waals surface area contributed by atoms with Crippen LogP contribution in [0.3, 0.4) is 0 Å². The largest absolute Gasteiger partial charge is 0.388 e. The molecule has 104 valence electrons. The minimum Gasteiger partial charge on any atom is -0.388 e. The lowest BCUT2D eigenvalue weighted by Crippen LogP contribution is -2.65. The van der Waals surface area contributed by atoms with Gasteiger partial charge in [0, 0.05) is 6.54 Å². The first-order valence-corrected chi connectivity index (χ1v) is 6.23. The summed E-state index contributed by atoms with van der Waals surface area (Å²) in [5, 5.41) is 47.8. The van der Waals surface area contributed by atoms with Crippen LogP contribution >= 0.6 is 0 Å². The molecule has 0 amide bonds. The molecule has 1 aromatic carbocycles. The highest BCUT2D eigenvalue weighted by Gasteiger charge is 2.48. The summed E-state index contributed by atoms with van der Waals surface area (Å²) in [6, 6.07) is 10.8. The van der Waals surface area contributed by atoms with Crippen LogP contribution in [0.2, 0.25) is 0 Å². The number of piperidine rings is 1. The summed E-state index contributed by atoms with van der Waals surface area (Å²) >= 11 is 0. The smallest absolute Gasteiger partial charge is 0.128 e. The van der Waals surface area contributed by atoms with E-state index < -0.39 is 30.4 Å². The van der Waals surface area contributed by atoms with E-state index in [9.17, 15) is 25.8 Å². The van der Waals surface area contributed by atoms with Crippen molar-refractivity contribution in [2.75, 3.05) is 0 Å². The van der Waals surface area contributed by atoms with E-state index in [2.05, 4.69) is 0 Å². The number of nitrogens with zero attached hydrogens (tertiary/aromatic N) is 3. The normalized spacial score (nSPS) is 34.1. The van der Waals surface area contributed by atoms with Crippen molar-refractivity contribution in [3.05, 3.63) is 35.9 Å². The Kier molecular flexibility index (Phi) is 4.33. The molecule has 20 heavy (non-hydrogen) atoms. The van der Waals surface area contributed by atoms with E-state index in [1.165, 1.54) is 4.90 Å². The Morgan fingerprint density at radius 3 is 1.85 bits per heavy atom. The monoisotopic (exact) mass is 273 g/mol. The van der Waals surface area contributed by atoms with E-state index in [4.69, 9.17) is 0 Å². The summed E-state index contributed by atoms with van der Waals surface area (Å²) in [7, 11) is 0. The predicted octanol–water partition coefficient (Wildman–Crippen LogP) is -0.631. The van der Waals surface area contributed by atoms with Gasteiger partial charge < -0.3 is 15.3 Å². The molecule has 0 radical (unpaired) electrons. The number of hydrogen-bond acceptors (Lipinski definition) is 6. The molecule has 6 nitrogen and oxygen atoms in total. The molecule has 1 aromatic rings. The molecule has 0 aliphatic carbocycles. The van der Waals surface area contributed by atoms with Gasteiger partial charge >= 0.3 is 0 Å². The lowest BCUT2D eigenvalue weighted by atomic mass is 9.88. The lowest BCUT2D eigenvalue weighted by Gasteiger charge is -2.43. The van der Waals surface area contributed by atoms with Crippen LogP contribution in [0.4, 0.5) is 0 Å². The Hall–Kier alpha value is -1.96. The van der Waals surface area contributed by atoms with E-state index in [1.54, 1.807) is 0 Å². The molecule has 0 saturated carbocycles. The molecule has 1 aliphatic rings. The molecular weight excluding hydrogens is 258 g/mol. The highest BCUT2D eigenvalue weighted by atomic mass is 16.4. The van der Waals surface area contributed by atoms with Crippen molar-refractivity contribution in [1.82, 2.24) is 4.90 Å². The molecule has 6 heteroatoms. The van der Waals surface area contributed by atoms with E-state index in [0.717, 1.165) is 5.56 Å². The summed E-state index contributed by atoms with van der Waals surface area (Å²) in [4.78, 5) is 1.41. The van der Waals surface area contributed by atoms with E-state index in [1.807, 2.05) is 42.5 Å². The van der Waals surface area contributed by atoms with Crippen molar-refractivity contribution in [3.8, 4) is 12.1 Å². The maximum atomic E-state index is 9.89. The minimum atomic E-state index is -1.50. The molecule has 0 spiro atoms. The Labute approximate surface area is 116 Å². The van der Waals surface area contributed by atoms with Gasteiger partial charge in [-0.05, 0) is 5.56 Å². The van der Waals surface area contributed by atoms with Crippen molar-refractivity contribution in [2.24, 2.45) is 0 Å². The van der Waals surface area contributed by atoms with Crippen molar-refractivity contribution in [2.45, 2.75) is 36.9 Å². The number of rotatable bonds is 2. The van der Waals surface area contributed by atoms with Gasteiger partial charge in [-0.1, -0.05) is 30.3 Å². The summed E-state index contributed by atoms with van der Waals surface area (Å²) in [5.41, 5.74) is 0.851. The first-order chi connectivity index (χ1) is 9.60. The molecule has 0 aromatic heterocycles. The van der Waals surface area contributed by atoms with Crippen LogP contribution in [0.15, 0.2) is 30.3 Å². The van der Waals surface area contributed by atoms with Crippen molar-refractivity contribution < 1.29 is 15.3 Å². The zero-order chi connectivity index (χ0) is 14.7. The van der Waals surface area contributed by atoms with E-state index in [-0.39, 0.29) is 6.54 Å².